The predicted molar refractivity (Wildman–Crippen MR) is 100 cm³/mol. The van der Waals surface area contributed by atoms with Crippen LogP contribution in [-0.2, 0) is 9.53 Å². The van der Waals surface area contributed by atoms with Crippen molar-refractivity contribution in [3.63, 3.8) is 0 Å². The van der Waals surface area contributed by atoms with Gasteiger partial charge in [-0.25, -0.2) is 4.79 Å². The van der Waals surface area contributed by atoms with Crippen LogP contribution in [0.3, 0.4) is 0 Å². The Morgan fingerprint density at radius 2 is 1.72 bits per heavy atom. The number of amides is 1. The molecule has 0 saturated heterocycles. The van der Waals surface area contributed by atoms with Gasteiger partial charge in [0.1, 0.15) is 0 Å². The Balaban J connectivity index is 2.07. The lowest BCUT2D eigenvalue weighted by molar-refractivity contribution is -0.123. The van der Waals surface area contributed by atoms with Gasteiger partial charge in [-0.1, -0.05) is 29.3 Å². The summed E-state index contributed by atoms with van der Waals surface area (Å²) < 4.78 is 5.22. The minimum absolute atomic E-state index is 0.240. The second kappa shape index (κ2) is 7.57. The van der Waals surface area contributed by atoms with Crippen LogP contribution >= 0.6 is 11.6 Å². The molecule has 0 aromatic heterocycles. The third kappa shape index (κ3) is 4.51. The number of hydrogen-bond acceptors (Lipinski definition) is 4. The number of anilines is 2. The van der Waals surface area contributed by atoms with Crippen LogP contribution in [-0.4, -0.2) is 18.0 Å². The van der Waals surface area contributed by atoms with E-state index < -0.39 is 18.0 Å². The number of benzene rings is 2. The van der Waals surface area contributed by atoms with Gasteiger partial charge in [-0.3, -0.25) is 4.79 Å². The normalized spacial score (nSPS) is 11.7. The van der Waals surface area contributed by atoms with Gasteiger partial charge in [0.25, 0.3) is 5.91 Å². The largest absolute Gasteiger partial charge is 0.449 e. The number of rotatable bonds is 4. The molecular formula is C19H21ClN2O3. The molecule has 0 bridgehead atoms. The van der Waals surface area contributed by atoms with Gasteiger partial charge >= 0.3 is 5.97 Å². The lowest BCUT2D eigenvalue weighted by Crippen LogP contribution is -2.30. The predicted octanol–water partition coefficient (Wildman–Crippen LogP) is 4.03. The van der Waals surface area contributed by atoms with Crippen molar-refractivity contribution in [3.05, 3.63) is 57.6 Å². The van der Waals surface area contributed by atoms with E-state index in [1.54, 1.807) is 0 Å². The molecule has 0 aliphatic rings. The third-order valence-corrected chi connectivity index (χ3v) is 4.15. The third-order valence-electron chi connectivity index (χ3n) is 3.81. The van der Waals surface area contributed by atoms with E-state index >= 15 is 0 Å². The molecule has 0 spiro atoms. The second-order valence-electron chi connectivity index (χ2n) is 6.05. The number of nitrogens with one attached hydrogen (secondary N) is 1. The first-order valence-corrected chi connectivity index (χ1v) is 8.21. The zero-order valence-corrected chi connectivity index (χ0v) is 15.4. The summed E-state index contributed by atoms with van der Waals surface area (Å²) in [6.07, 6.45) is -0.954. The minimum atomic E-state index is -0.954. The zero-order valence-electron chi connectivity index (χ0n) is 14.6. The van der Waals surface area contributed by atoms with Crippen molar-refractivity contribution < 1.29 is 14.3 Å². The monoisotopic (exact) mass is 360 g/mol. The molecular weight excluding hydrogens is 340 g/mol. The van der Waals surface area contributed by atoms with E-state index in [9.17, 15) is 9.59 Å². The maximum Gasteiger partial charge on any atom is 0.338 e. The number of carbonyl (C=O) groups is 2. The van der Waals surface area contributed by atoms with Crippen LogP contribution in [0.15, 0.2) is 30.3 Å². The molecule has 2 aromatic rings. The van der Waals surface area contributed by atoms with E-state index in [0.717, 1.165) is 22.4 Å². The number of nitrogen functional groups attached to an aromatic ring is 1. The Labute approximate surface area is 152 Å². The number of ether oxygens (including phenoxy) is 1. The van der Waals surface area contributed by atoms with Gasteiger partial charge in [0.05, 0.1) is 16.3 Å². The topological polar surface area (TPSA) is 81.4 Å². The highest BCUT2D eigenvalue weighted by Crippen LogP contribution is 2.23. The molecule has 0 fully saturated rings. The molecule has 0 unspecified atom stereocenters. The van der Waals surface area contributed by atoms with Crippen LogP contribution in [0.4, 0.5) is 11.4 Å². The molecule has 0 heterocycles. The number of esters is 1. The molecule has 0 aliphatic carbocycles. The molecule has 5 nitrogen and oxygen atoms in total. The molecule has 1 amide bonds. The maximum atomic E-state index is 12.4. The van der Waals surface area contributed by atoms with Crippen molar-refractivity contribution in [1.29, 1.82) is 0 Å². The molecule has 2 aromatic carbocycles. The fourth-order valence-corrected chi connectivity index (χ4v) is 2.67. The van der Waals surface area contributed by atoms with Crippen molar-refractivity contribution in [3.8, 4) is 0 Å². The summed E-state index contributed by atoms with van der Waals surface area (Å²) >= 11 is 5.83. The standard InChI is InChI=1S/C19H21ClN2O3/c1-10-7-11(2)17(12(3)8-10)22-18(23)13(4)25-19(24)14-5-6-15(20)16(21)9-14/h5-9,13H,21H2,1-4H3,(H,22,23)/t13-/m0/s1. The highest BCUT2D eigenvalue weighted by Gasteiger charge is 2.20. The van der Waals surface area contributed by atoms with Crippen LogP contribution < -0.4 is 11.1 Å². The van der Waals surface area contributed by atoms with Crippen LogP contribution in [0.1, 0.15) is 34.0 Å². The zero-order chi connectivity index (χ0) is 18.7. The molecule has 132 valence electrons. The number of halogens is 1. The van der Waals surface area contributed by atoms with Crippen LogP contribution in [0.25, 0.3) is 0 Å². The Bertz CT molecular complexity index is 810. The molecule has 3 N–H and O–H groups in total. The molecule has 1 atom stereocenters. The number of carbonyl (C=O) groups excluding carboxylic acids is 2. The van der Waals surface area contributed by atoms with Crippen LogP contribution in [0.5, 0.6) is 0 Å². The SMILES string of the molecule is Cc1cc(C)c(NC(=O)[C@H](C)OC(=O)c2ccc(Cl)c(N)c2)c(C)c1. The first-order chi connectivity index (χ1) is 11.7. The average molecular weight is 361 g/mol. The quantitative estimate of drug-likeness (QED) is 0.637. The van der Waals surface area contributed by atoms with Crippen LogP contribution in [0.2, 0.25) is 5.02 Å². The lowest BCUT2D eigenvalue weighted by atomic mass is 10.0. The van der Waals surface area contributed by atoms with Gasteiger partial charge in [0, 0.05) is 5.69 Å². The Kier molecular flexibility index (Phi) is 5.69. The molecule has 6 heteroatoms. The van der Waals surface area contributed by atoms with Gasteiger partial charge in [-0.2, -0.15) is 0 Å². The van der Waals surface area contributed by atoms with E-state index in [0.29, 0.717) is 5.02 Å². The van der Waals surface area contributed by atoms with Gasteiger partial charge in [0.15, 0.2) is 6.10 Å². The fourth-order valence-electron chi connectivity index (χ4n) is 2.55. The second-order valence-corrected chi connectivity index (χ2v) is 6.45. The van der Waals surface area contributed by atoms with Gasteiger partial charge in [0.2, 0.25) is 0 Å². The molecule has 0 aliphatic heterocycles. The first kappa shape index (κ1) is 18.8. The van der Waals surface area contributed by atoms with Gasteiger partial charge < -0.3 is 15.8 Å². The smallest absolute Gasteiger partial charge is 0.338 e. The molecule has 25 heavy (non-hydrogen) atoms. The van der Waals surface area contributed by atoms with Crippen molar-refractivity contribution in [2.45, 2.75) is 33.8 Å². The Hall–Kier alpha value is -2.53. The molecule has 2 rings (SSSR count). The maximum absolute atomic E-state index is 12.4. The summed E-state index contributed by atoms with van der Waals surface area (Å²) in [4.78, 5) is 24.5. The summed E-state index contributed by atoms with van der Waals surface area (Å²) in [6, 6.07) is 8.40. The van der Waals surface area contributed by atoms with Crippen molar-refractivity contribution in [2.75, 3.05) is 11.1 Å². The Morgan fingerprint density at radius 3 is 2.28 bits per heavy atom. The highest BCUT2D eigenvalue weighted by atomic mass is 35.5. The lowest BCUT2D eigenvalue weighted by Gasteiger charge is -2.17. The molecule has 0 radical (unpaired) electrons. The summed E-state index contributed by atoms with van der Waals surface area (Å²) in [5.41, 5.74) is 9.95. The van der Waals surface area contributed by atoms with Gasteiger partial charge in [-0.15, -0.1) is 0 Å². The van der Waals surface area contributed by atoms with Crippen LogP contribution in [0, 0.1) is 20.8 Å². The minimum Gasteiger partial charge on any atom is -0.449 e. The van der Waals surface area contributed by atoms with Crippen molar-refractivity contribution >= 4 is 34.9 Å². The van der Waals surface area contributed by atoms with E-state index in [4.69, 9.17) is 22.1 Å². The molecule has 0 saturated carbocycles. The number of nitrogens with two attached hydrogens (primary N) is 1. The van der Waals surface area contributed by atoms with Gasteiger partial charge in [-0.05, 0) is 57.0 Å². The van der Waals surface area contributed by atoms with E-state index in [1.807, 2.05) is 32.9 Å². The van der Waals surface area contributed by atoms with E-state index in [-0.39, 0.29) is 11.3 Å². The average Bonchev–Trinajstić information content (AvgIpc) is 2.53. The van der Waals surface area contributed by atoms with Crippen molar-refractivity contribution in [1.82, 2.24) is 0 Å². The first-order valence-electron chi connectivity index (χ1n) is 7.83. The van der Waals surface area contributed by atoms with E-state index in [1.165, 1.54) is 25.1 Å². The Morgan fingerprint density at radius 1 is 1.12 bits per heavy atom. The fraction of sp³-hybridized carbons (Fsp3) is 0.263. The summed E-state index contributed by atoms with van der Waals surface area (Å²) in [6.45, 7) is 7.35. The summed E-state index contributed by atoms with van der Waals surface area (Å²) in [5.74, 6) is -1.03. The number of aryl methyl sites for hydroxylation is 3. The number of hydrogen-bond donors (Lipinski definition) is 2. The van der Waals surface area contributed by atoms with E-state index in [2.05, 4.69) is 5.32 Å². The van der Waals surface area contributed by atoms with Crippen molar-refractivity contribution in [2.24, 2.45) is 0 Å². The highest BCUT2D eigenvalue weighted by molar-refractivity contribution is 6.33. The summed E-state index contributed by atoms with van der Waals surface area (Å²) in [7, 11) is 0. The summed E-state index contributed by atoms with van der Waals surface area (Å²) in [5, 5.41) is 3.18.